The van der Waals surface area contributed by atoms with Crippen LogP contribution >= 0.6 is 0 Å². The molecule has 1 aliphatic carbocycles. The standard InChI is InChI=1S/C25H28F2N2O3/c1-2-32-23-14-19(28-24(30)20-9-7-18(26)13-22(20)27)8-10-21(23)25(31)29-12-11-16-5-3-4-6-17(16)15-29/h7-10,13-14,16-17H,2-6,11-12,15H2,1H3,(H,28,30)/t16-,17-/m0/s1. The maximum Gasteiger partial charge on any atom is 0.258 e. The number of nitrogens with zero attached hydrogens (tertiary/aromatic N) is 1. The SMILES string of the molecule is CCOc1cc(NC(=O)c2ccc(F)cc2F)ccc1C(=O)N1CC[C@@H]2CCCC[C@H]2C1. The summed E-state index contributed by atoms with van der Waals surface area (Å²) in [5, 5.41) is 2.59. The molecule has 0 unspecified atom stereocenters. The van der Waals surface area contributed by atoms with E-state index in [2.05, 4.69) is 5.32 Å². The average Bonchev–Trinajstić information content (AvgIpc) is 2.78. The van der Waals surface area contributed by atoms with Gasteiger partial charge in [0.25, 0.3) is 11.8 Å². The van der Waals surface area contributed by atoms with Gasteiger partial charge in [0.05, 0.1) is 17.7 Å². The van der Waals surface area contributed by atoms with E-state index in [9.17, 15) is 18.4 Å². The van der Waals surface area contributed by atoms with Crippen molar-refractivity contribution in [2.45, 2.75) is 39.0 Å². The van der Waals surface area contributed by atoms with Crippen LogP contribution in [-0.2, 0) is 0 Å². The van der Waals surface area contributed by atoms with E-state index in [-0.39, 0.29) is 11.5 Å². The molecule has 32 heavy (non-hydrogen) atoms. The minimum Gasteiger partial charge on any atom is -0.493 e. The second-order valence-electron chi connectivity index (χ2n) is 8.57. The van der Waals surface area contributed by atoms with E-state index >= 15 is 0 Å². The van der Waals surface area contributed by atoms with Gasteiger partial charge >= 0.3 is 0 Å². The van der Waals surface area contributed by atoms with Crippen molar-refractivity contribution in [1.82, 2.24) is 4.90 Å². The van der Waals surface area contributed by atoms with Crippen LogP contribution in [0.5, 0.6) is 5.75 Å². The van der Waals surface area contributed by atoms with Crippen molar-refractivity contribution in [2.75, 3.05) is 25.0 Å². The van der Waals surface area contributed by atoms with Gasteiger partial charge in [0, 0.05) is 30.9 Å². The number of likely N-dealkylation sites (tertiary alicyclic amines) is 1. The lowest BCUT2D eigenvalue weighted by Gasteiger charge is -2.41. The summed E-state index contributed by atoms with van der Waals surface area (Å²) in [6, 6.07) is 7.59. The zero-order chi connectivity index (χ0) is 22.7. The molecule has 0 aromatic heterocycles. The molecule has 5 nitrogen and oxygen atoms in total. The zero-order valence-corrected chi connectivity index (χ0v) is 18.2. The molecule has 2 fully saturated rings. The molecule has 1 aliphatic heterocycles. The Balaban J connectivity index is 1.51. The van der Waals surface area contributed by atoms with Gasteiger partial charge < -0.3 is 15.0 Å². The number of piperidine rings is 1. The fourth-order valence-electron chi connectivity index (χ4n) is 4.88. The van der Waals surface area contributed by atoms with Crippen molar-refractivity contribution in [2.24, 2.45) is 11.8 Å². The van der Waals surface area contributed by atoms with Crippen LogP contribution in [0.2, 0.25) is 0 Å². The van der Waals surface area contributed by atoms with Gasteiger partial charge in [-0.1, -0.05) is 19.3 Å². The molecule has 4 rings (SSSR count). The maximum atomic E-state index is 13.9. The molecule has 2 amide bonds. The van der Waals surface area contributed by atoms with Crippen molar-refractivity contribution >= 4 is 17.5 Å². The van der Waals surface area contributed by atoms with Crippen molar-refractivity contribution in [3.05, 3.63) is 59.2 Å². The van der Waals surface area contributed by atoms with Gasteiger partial charge in [-0.25, -0.2) is 8.78 Å². The maximum absolute atomic E-state index is 13.9. The van der Waals surface area contributed by atoms with Gasteiger partial charge in [-0.15, -0.1) is 0 Å². The Morgan fingerprint density at radius 2 is 1.78 bits per heavy atom. The van der Waals surface area contributed by atoms with Crippen molar-refractivity contribution < 1.29 is 23.1 Å². The fourth-order valence-corrected chi connectivity index (χ4v) is 4.88. The Kier molecular flexibility index (Phi) is 6.72. The van der Waals surface area contributed by atoms with Gasteiger partial charge in [0.1, 0.15) is 17.4 Å². The quantitative estimate of drug-likeness (QED) is 0.687. The number of amides is 2. The molecule has 1 saturated carbocycles. The van der Waals surface area contributed by atoms with Crippen molar-refractivity contribution in [1.29, 1.82) is 0 Å². The third kappa shape index (κ3) is 4.76. The van der Waals surface area contributed by atoms with Crippen LogP contribution in [0.3, 0.4) is 0 Å². The first-order valence-corrected chi connectivity index (χ1v) is 11.3. The van der Waals surface area contributed by atoms with Gasteiger partial charge in [0.15, 0.2) is 0 Å². The fraction of sp³-hybridized carbons (Fsp3) is 0.440. The zero-order valence-electron chi connectivity index (χ0n) is 18.2. The van der Waals surface area contributed by atoms with Gasteiger partial charge in [-0.2, -0.15) is 0 Å². The normalized spacial score (nSPS) is 20.4. The molecule has 0 radical (unpaired) electrons. The van der Waals surface area contributed by atoms with E-state index in [0.29, 0.717) is 35.6 Å². The molecule has 2 aromatic rings. The molecule has 1 N–H and O–H groups in total. The second-order valence-corrected chi connectivity index (χ2v) is 8.57. The minimum atomic E-state index is -0.939. The first kappa shape index (κ1) is 22.2. The highest BCUT2D eigenvalue weighted by molar-refractivity contribution is 6.05. The number of halogens is 2. The first-order chi connectivity index (χ1) is 15.5. The lowest BCUT2D eigenvalue weighted by atomic mass is 9.75. The highest BCUT2D eigenvalue weighted by Crippen LogP contribution is 2.37. The lowest BCUT2D eigenvalue weighted by Crippen LogP contribution is -2.44. The third-order valence-electron chi connectivity index (χ3n) is 6.52. The number of fused-ring (bicyclic) bond motifs is 1. The molecule has 2 atom stereocenters. The van der Waals surface area contributed by atoms with Crippen LogP contribution in [0.4, 0.5) is 14.5 Å². The van der Waals surface area contributed by atoms with E-state index in [0.717, 1.165) is 37.6 Å². The molecule has 0 spiro atoms. The average molecular weight is 443 g/mol. The summed E-state index contributed by atoms with van der Waals surface area (Å²) < 4.78 is 32.7. The van der Waals surface area contributed by atoms with Gasteiger partial charge in [0.2, 0.25) is 0 Å². The number of carbonyl (C=O) groups is 2. The predicted octanol–water partition coefficient (Wildman–Crippen LogP) is 5.27. The topological polar surface area (TPSA) is 58.6 Å². The molecule has 7 heteroatoms. The Bertz CT molecular complexity index is 1010. The third-order valence-corrected chi connectivity index (χ3v) is 6.52. The molecule has 0 bridgehead atoms. The van der Waals surface area contributed by atoms with Gasteiger partial charge in [-0.3, -0.25) is 9.59 Å². The molecular formula is C25H28F2N2O3. The van der Waals surface area contributed by atoms with Crippen molar-refractivity contribution in [3.63, 3.8) is 0 Å². The molecule has 1 saturated heterocycles. The first-order valence-electron chi connectivity index (χ1n) is 11.3. The van der Waals surface area contributed by atoms with Crippen LogP contribution < -0.4 is 10.1 Å². The lowest BCUT2D eigenvalue weighted by molar-refractivity contribution is 0.0517. The molecular weight excluding hydrogens is 414 g/mol. The van der Waals surface area contributed by atoms with Crippen molar-refractivity contribution in [3.8, 4) is 5.75 Å². The Labute approximate surface area is 186 Å². The summed E-state index contributed by atoms with van der Waals surface area (Å²) in [6.45, 7) is 3.70. The highest BCUT2D eigenvalue weighted by Gasteiger charge is 2.34. The van der Waals surface area contributed by atoms with E-state index in [4.69, 9.17) is 4.74 Å². The number of benzene rings is 2. The molecule has 170 valence electrons. The summed E-state index contributed by atoms with van der Waals surface area (Å²) in [7, 11) is 0. The smallest absolute Gasteiger partial charge is 0.258 e. The Morgan fingerprint density at radius 1 is 1.03 bits per heavy atom. The number of ether oxygens (including phenoxy) is 1. The minimum absolute atomic E-state index is 0.0695. The number of anilines is 1. The van der Waals surface area contributed by atoms with E-state index in [1.54, 1.807) is 18.2 Å². The number of hydrogen-bond donors (Lipinski definition) is 1. The van der Waals surface area contributed by atoms with E-state index < -0.39 is 17.5 Å². The molecule has 2 aliphatic rings. The number of nitrogens with one attached hydrogen (secondary N) is 1. The van der Waals surface area contributed by atoms with Crippen LogP contribution in [0, 0.1) is 23.5 Å². The monoisotopic (exact) mass is 442 g/mol. The van der Waals surface area contributed by atoms with E-state index in [1.807, 2.05) is 11.8 Å². The number of hydrogen-bond acceptors (Lipinski definition) is 3. The van der Waals surface area contributed by atoms with Crippen LogP contribution in [0.15, 0.2) is 36.4 Å². The number of rotatable bonds is 5. The Hall–Kier alpha value is -2.96. The Morgan fingerprint density at radius 3 is 2.53 bits per heavy atom. The molecule has 1 heterocycles. The van der Waals surface area contributed by atoms with E-state index in [1.165, 1.54) is 25.7 Å². The van der Waals surface area contributed by atoms with Crippen LogP contribution in [-0.4, -0.2) is 36.4 Å². The number of carbonyl (C=O) groups excluding carboxylic acids is 2. The van der Waals surface area contributed by atoms with Crippen LogP contribution in [0.1, 0.15) is 59.7 Å². The summed E-state index contributed by atoms with van der Waals surface area (Å²) in [5.74, 6) is -0.794. The largest absolute Gasteiger partial charge is 0.493 e. The predicted molar refractivity (Wildman–Crippen MR) is 118 cm³/mol. The van der Waals surface area contributed by atoms with Crippen LogP contribution in [0.25, 0.3) is 0 Å². The van der Waals surface area contributed by atoms with Gasteiger partial charge in [-0.05, 0) is 55.9 Å². The molecule has 2 aromatic carbocycles. The second kappa shape index (κ2) is 9.67. The summed E-state index contributed by atoms with van der Waals surface area (Å²) in [6.07, 6.45) is 6.00. The summed E-state index contributed by atoms with van der Waals surface area (Å²) in [5.41, 5.74) is 0.552. The summed E-state index contributed by atoms with van der Waals surface area (Å²) >= 11 is 0. The summed E-state index contributed by atoms with van der Waals surface area (Å²) in [4.78, 5) is 27.6. The highest BCUT2D eigenvalue weighted by atomic mass is 19.1.